The molecule has 1 aliphatic rings. The summed E-state index contributed by atoms with van der Waals surface area (Å²) in [6.45, 7) is 1.80. The molecule has 3 aromatic rings. The Morgan fingerprint density at radius 2 is 1.63 bits per heavy atom. The predicted molar refractivity (Wildman–Crippen MR) is 107 cm³/mol. The van der Waals surface area contributed by atoms with Gasteiger partial charge in [-0.3, -0.25) is 4.79 Å². The molecule has 0 bridgehead atoms. The first-order chi connectivity index (χ1) is 13.2. The van der Waals surface area contributed by atoms with E-state index in [9.17, 15) is 4.79 Å². The summed E-state index contributed by atoms with van der Waals surface area (Å²) >= 11 is 0. The Balaban J connectivity index is 1.69. The Kier molecular flexibility index (Phi) is 4.87. The highest BCUT2D eigenvalue weighted by Gasteiger charge is 2.22. The fraction of sp³-hybridized carbons (Fsp3) is 0.286. The van der Waals surface area contributed by atoms with E-state index in [1.165, 1.54) is 6.42 Å². The number of para-hydroxylation sites is 2. The third-order valence-electron chi connectivity index (χ3n) is 4.77. The summed E-state index contributed by atoms with van der Waals surface area (Å²) in [6.07, 6.45) is 3.42. The number of nitrogens with one attached hydrogen (secondary N) is 1. The van der Waals surface area contributed by atoms with Crippen LogP contribution in [-0.2, 0) is 0 Å². The first-order valence-electron chi connectivity index (χ1n) is 9.22. The number of nitrogens with zero attached hydrogens (tertiary/aromatic N) is 3. The smallest absolute Gasteiger partial charge is 0.278 e. The summed E-state index contributed by atoms with van der Waals surface area (Å²) in [6, 6.07) is 14.9. The number of carbonyl (C=O) groups excluding carboxylic acids is 1. The Labute approximate surface area is 158 Å². The standard InChI is InChI=1S/C21H22N4O2/c1-27-16-11-9-15(10-12-16)22-21(26)19-20(25-13-5-2-6-14-25)24-18-8-4-3-7-17(18)23-19/h3-4,7-12H,2,5-6,13-14H2,1H3,(H,22,26). The molecule has 138 valence electrons. The van der Waals surface area contributed by atoms with Gasteiger partial charge in [0.05, 0.1) is 18.1 Å². The highest BCUT2D eigenvalue weighted by atomic mass is 16.5. The van der Waals surface area contributed by atoms with Crippen LogP contribution < -0.4 is 15.0 Å². The second-order valence-corrected chi connectivity index (χ2v) is 6.61. The quantitative estimate of drug-likeness (QED) is 0.763. The van der Waals surface area contributed by atoms with Gasteiger partial charge < -0.3 is 15.0 Å². The summed E-state index contributed by atoms with van der Waals surface area (Å²) in [5.74, 6) is 1.16. The van der Waals surface area contributed by atoms with E-state index in [-0.39, 0.29) is 5.91 Å². The van der Waals surface area contributed by atoms with Crippen molar-refractivity contribution in [3.63, 3.8) is 0 Å². The first-order valence-corrected chi connectivity index (χ1v) is 9.22. The summed E-state index contributed by atoms with van der Waals surface area (Å²) in [4.78, 5) is 24.6. The van der Waals surface area contributed by atoms with E-state index in [0.29, 0.717) is 17.2 Å². The molecule has 0 radical (unpaired) electrons. The number of anilines is 2. The van der Waals surface area contributed by atoms with Crippen molar-refractivity contribution >= 4 is 28.4 Å². The van der Waals surface area contributed by atoms with E-state index in [0.717, 1.165) is 42.7 Å². The number of fused-ring (bicyclic) bond motifs is 1. The van der Waals surface area contributed by atoms with Gasteiger partial charge in [-0.2, -0.15) is 0 Å². The van der Waals surface area contributed by atoms with Crippen LogP contribution in [0.25, 0.3) is 11.0 Å². The normalized spacial score (nSPS) is 14.2. The summed E-state index contributed by atoms with van der Waals surface area (Å²) in [7, 11) is 1.61. The molecule has 1 saturated heterocycles. The van der Waals surface area contributed by atoms with E-state index in [4.69, 9.17) is 9.72 Å². The van der Waals surface area contributed by atoms with Crippen LogP contribution in [0.5, 0.6) is 5.75 Å². The van der Waals surface area contributed by atoms with Gasteiger partial charge in [-0.25, -0.2) is 9.97 Å². The topological polar surface area (TPSA) is 67.3 Å². The molecule has 0 saturated carbocycles. The molecule has 0 atom stereocenters. The van der Waals surface area contributed by atoms with Crippen molar-refractivity contribution in [3.05, 3.63) is 54.2 Å². The monoisotopic (exact) mass is 362 g/mol. The SMILES string of the molecule is COc1ccc(NC(=O)c2nc3ccccc3nc2N2CCCCC2)cc1. The fourth-order valence-electron chi connectivity index (χ4n) is 3.33. The lowest BCUT2D eigenvalue weighted by atomic mass is 10.1. The molecular formula is C21H22N4O2. The number of carbonyl (C=O) groups is 1. The zero-order chi connectivity index (χ0) is 18.6. The summed E-state index contributed by atoms with van der Waals surface area (Å²) in [5.41, 5.74) is 2.59. The molecule has 0 unspecified atom stereocenters. The largest absolute Gasteiger partial charge is 0.497 e. The van der Waals surface area contributed by atoms with Crippen LogP contribution in [0.15, 0.2) is 48.5 Å². The molecule has 0 spiro atoms. The van der Waals surface area contributed by atoms with Crippen molar-refractivity contribution in [2.75, 3.05) is 30.4 Å². The molecule has 1 amide bonds. The number of amides is 1. The minimum atomic E-state index is -0.251. The van der Waals surface area contributed by atoms with Gasteiger partial charge in [-0.1, -0.05) is 12.1 Å². The molecule has 1 N–H and O–H groups in total. The molecule has 4 rings (SSSR count). The van der Waals surface area contributed by atoms with Crippen LogP contribution in [0.2, 0.25) is 0 Å². The number of hydrogen-bond acceptors (Lipinski definition) is 5. The van der Waals surface area contributed by atoms with Gasteiger partial charge in [-0.15, -0.1) is 0 Å². The van der Waals surface area contributed by atoms with Gasteiger partial charge >= 0.3 is 0 Å². The number of rotatable bonds is 4. The number of ether oxygens (including phenoxy) is 1. The first kappa shape index (κ1) is 17.3. The Hall–Kier alpha value is -3.15. The molecule has 27 heavy (non-hydrogen) atoms. The van der Waals surface area contributed by atoms with Gasteiger partial charge in [0, 0.05) is 18.8 Å². The van der Waals surface area contributed by atoms with E-state index in [2.05, 4.69) is 15.2 Å². The van der Waals surface area contributed by atoms with Gasteiger partial charge in [0.15, 0.2) is 11.5 Å². The van der Waals surface area contributed by atoms with Crippen LogP contribution in [0.4, 0.5) is 11.5 Å². The molecular weight excluding hydrogens is 340 g/mol. The summed E-state index contributed by atoms with van der Waals surface area (Å²) < 4.78 is 5.16. The van der Waals surface area contributed by atoms with Gasteiger partial charge in [0.25, 0.3) is 5.91 Å². The molecule has 6 nitrogen and oxygen atoms in total. The second kappa shape index (κ2) is 7.61. The Morgan fingerprint density at radius 3 is 2.30 bits per heavy atom. The van der Waals surface area contributed by atoms with Gasteiger partial charge in [0.2, 0.25) is 0 Å². The van der Waals surface area contributed by atoms with E-state index >= 15 is 0 Å². The highest BCUT2D eigenvalue weighted by molar-refractivity contribution is 6.07. The highest BCUT2D eigenvalue weighted by Crippen LogP contribution is 2.25. The average molecular weight is 362 g/mol. The maximum Gasteiger partial charge on any atom is 0.278 e. The van der Waals surface area contributed by atoms with Crippen LogP contribution in [-0.4, -0.2) is 36.1 Å². The Bertz CT molecular complexity index is 950. The molecule has 1 fully saturated rings. The van der Waals surface area contributed by atoms with Crippen molar-refractivity contribution in [1.29, 1.82) is 0 Å². The van der Waals surface area contributed by atoms with Crippen molar-refractivity contribution in [3.8, 4) is 5.75 Å². The number of methoxy groups -OCH3 is 1. The number of aromatic nitrogens is 2. The molecule has 2 aromatic carbocycles. The molecule has 1 aromatic heterocycles. The van der Waals surface area contributed by atoms with Crippen LogP contribution in [0.1, 0.15) is 29.8 Å². The number of piperidine rings is 1. The second-order valence-electron chi connectivity index (χ2n) is 6.61. The fourth-order valence-corrected chi connectivity index (χ4v) is 3.33. The lowest BCUT2D eigenvalue weighted by Gasteiger charge is -2.29. The van der Waals surface area contributed by atoms with Crippen LogP contribution in [0, 0.1) is 0 Å². The van der Waals surface area contributed by atoms with Crippen molar-refractivity contribution < 1.29 is 9.53 Å². The summed E-state index contributed by atoms with van der Waals surface area (Å²) in [5, 5.41) is 2.93. The molecule has 2 heterocycles. The average Bonchev–Trinajstić information content (AvgIpc) is 2.74. The molecule has 6 heteroatoms. The third-order valence-corrected chi connectivity index (χ3v) is 4.77. The van der Waals surface area contributed by atoms with Gasteiger partial charge in [0.1, 0.15) is 5.75 Å². The van der Waals surface area contributed by atoms with Gasteiger partial charge in [-0.05, 0) is 55.7 Å². The zero-order valence-corrected chi connectivity index (χ0v) is 15.3. The van der Waals surface area contributed by atoms with E-state index < -0.39 is 0 Å². The lowest BCUT2D eigenvalue weighted by Crippen LogP contribution is -2.33. The van der Waals surface area contributed by atoms with Crippen LogP contribution in [0.3, 0.4) is 0 Å². The van der Waals surface area contributed by atoms with Crippen molar-refractivity contribution in [2.45, 2.75) is 19.3 Å². The van der Waals surface area contributed by atoms with Crippen LogP contribution >= 0.6 is 0 Å². The lowest BCUT2D eigenvalue weighted by molar-refractivity contribution is 0.102. The Morgan fingerprint density at radius 1 is 0.963 bits per heavy atom. The molecule has 1 aliphatic heterocycles. The maximum absolute atomic E-state index is 13.0. The van der Waals surface area contributed by atoms with Crippen molar-refractivity contribution in [1.82, 2.24) is 9.97 Å². The maximum atomic E-state index is 13.0. The predicted octanol–water partition coefficient (Wildman–Crippen LogP) is 3.88. The minimum Gasteiger partial charge on any atom is -0.497 e. The van der Waals surface area contributed by atoms with E-state index in [1.807, 2.05) is 48.5 Å². The minimum absolute atomic E-state index is 0.251. The number of benzene rings is 2. The number of hydrogen-bond donors (Lipinski definition) is 1. The van der Waals surface area contributed by atoms with E-state index in [1.54, 1.807) is 7.11 Å². The third kappa shape index (κ3) is 3.69. The molecule has 0 aliphatic carbocycles. The zero-order valence-electron chi connectivity index (χ0n) is 15.3. The van der Waals surface area contributed by atoms with Crippen molar-refractivity contribution in [2.24, 2.45) is 0 Å².